The molecule has 5 nitrogen and oxygen atoms in total. The fourth-order valence-corrected chi connectivity index (χ4v) is 5.52. The average molecular weight is 519 g/mol. The molecule has 0 aromatic rings. The molecule has 1 heterocycles. The number of carboxylic acid groups (broad SMARTS) is 1. The lowest BCUT2D eigenvalue weighted by Gasteiger charge is -2.42. The SMILES string of the molecule is CC/C=C\C[C@@H](O)[C@](C(=O)O)(/C(=C\CC(C)(CCCC)C(F)(F)F)OC1CCCCO1)C1CCCC1. The first-order chi connectivity index (χ1) is 17.0. The number of carboxylic acids is 1. The van der Waals surface area contributed by atoms with Crippen LogP contribution in [0.5, 0.6) is 0 Å². The first-order valence-corrected chi connectivity index (χ1v) is 13.6. The second kappa shape index (κ2) is 13.8. The predicted octanol–water partition coefficient (Wildman–Crippen LogP) is 7.54. The van der Waals surface area contributed by atoms with Crippen molar-refractivity contribution in [2.24, 2.45) is 16.7 Å². The Labute approximate surface area is 214 Å². The summed E-state index contributed by atoms with van der Waals surface area (Å²) in [6.45, 7) is 5.41. The van der Waals surface area contributed by atoms with Gasteiger partial charge in [-0.25, -0.2) is 0 Å². The molecule has 8 heteroatoms. The van der Waals surface area contributed by atoms with Crippen LogP contribution in [0.4, 0.5) is 13.2 Å². The van der Waals surface area contributed by atoms with Crippen LogP contribution in [0.1, 0.15) is 104 Å². The topological polar surface area (TPSA) is 76.0 Å². The molecule has 4 atom stereocenters. The number of carbonyl (C=O) groups is 1. The minimum Gasteiger partial charge on any atom is -0.480 e. The molecular formula is C28H45F3O5. The summed E-state index contributed by atoms with van der Waals surface area (Å²) in [7, 11) is 0. The summed E-state index contributed by atoms with van der Waals surface area (Å²) in [5.41, 5.74) is -3.87. The van der Waals surface area contributed by atoms with Crippen LogP contribution in [-0.2, 0) is 14.3 Å². The molecule has 1 aliphatic heterocycles. The molecule has 36 heavy (non-hydrogen) atoms. The Morgan fingerprint density at radius 3 is 2.31 bits per heavy atom. The van der Waals surface area contributed by atoms with Gasteiger partial charge in [-0.2, -0.15) is 13.2 Å². The quantitative estimate of drug-likeness (QED) is 0.183. The van der Waals surface area contributed by atoms with Crippen molar-refractivity contribution in [3.05, 3.63) is 24.0 Å². The maximum atomic E-state index is 14.2. The molecule has 0 amide bonds. The summed E-state index contributed by atoms with van der Waals surface area (Å²) >= 11 is 0. The van der Waals surface area contributed by atoms with E-state index in [1.54, 1.807) is 6.08 Å². The number of allylic oxidation sites excluding steroid dienone is 2. The van der Waals surface area contributed by atoms with Crippen LogP contribution in [0, 0.1) is 16.7 Å². The average Bonchev–Trinajstić information content (AvgIpc) is 3.36. The number of aliphatic hydroxyl groups is 1. The van der Waals surface area contributed by atoms with Gasteiger partial charge in [-0.05, 0) is 63.4 Å². The number of unbranched alkanes of at least 4 members (excludes halogenated alkanes) is 1. The highest BCUT2D eigenvalue weighted by atomic mass is 19.4. The van der Waals surface area contributed by atoms with Crippen LogP contribution in [0.15, 0.2) is 24.0 Å². The van der Waals surface area contributed by atoms with E-state index in [4.69, 9.17) is 9.47 Å². The lowest BCUT2D eigenvalue weighted by molar-refractivity contribution is -0.220. The summed E-state index contributed by atoms with van der Waals surface area (Å²) in [5.74, 6) is -1.77. The zero-order valence-corrected chi connectivity index (χ0v) is 22.1. The third kappa shape index (κ3) is 7.27. The molecule has 2 fully saturated rings. The minimum absolute atomic E-state index is 0.0675. The Morgan fingerprint density at radius 1 is 1.11 bits per heavy atom. The van der Waals surface area contributed by atoms with Crippen molar-refractivity contribution in [3.8, 4) is 0 Å². The van der Waals surface area contributed by atoms with E-state index in [9.17, 15) is 28.2 Å². The number of hydrogen-bond donors (Lipinski definition) is 2. The lowest BCUT2D eigenvalue weighted by atomic mass is 9.66. The third-order valence-corrected chi connectivity index (χ3v) is 7.95. The summed E-state index contributed by atoms with van der Waals surface area (Å²) in [6.07, 6.45) is 4.66. The summed E-state index contributed by atoms with van der Waals surface area (Å²) in [5, 5.41) is 22.1. The van der Waals surface area contributed by atoms with Gasteiger partial charge in [-0.3, -0.25) is 4.79 Å². The van der Waals surface area contributed by atoms with Crippen LogP contribution in [0.3, 0.4) is 0 Å². The van der Waals surface area contributed by atoms with Crippen LogP contribution >= 0.6 is 0 Å². The van der Waals surface area contributed by atoms with Crippen LogP contribution in [-0.4, -0.2) is 41.4 Å². The Kier molecular flexibility index (Phi) is 11.8. The van der Waals surface area contributed by atoms with Gasteiger partial charge in [0.25, 0.3) is 0 Å². The number of aliphatic hydroxyl groups excluding tert-OH is 1. The summed E-state index contributed by atoms with van der Waals surface area (Å²) < 4.78 is 54.5. The molecule has 2 rings (SSSR count). The molecule has 0 bridgehead atoms. The van der Waals surface area contributed by atoms with Crippen molar-refractivity contribution < 1.29 is 37.7 Å². The zero-order chi connectivity index (χ0) is 26.8. The fourth-order valence-electron chi connectivity index (χ4n) is 5.52. The Morgan fingerprint density at radius 2 is 1.78 bits per heavy atom. The highest BCUT2D eigenvalue weighted by Crippen LogP contribution is 2.51. The molecule has 1 saturated heterocycles. The van der Waals surface area contributed by atoms with E-state index in [1.807, 2.05) is 19.9 Å². The second-order valence-electron chi connectivity index (χ2n) is 10.6. The van der Waals surface area contributed by atoms with E-state index in [1.165, 1.54) is 13.0 Å². The van der Waals surface area contributed by atoms with E-state index in [0.29, 0.717) is 38.7 Å². The van der Waals surface area contributed by atoms with E-state index in [0.717, 1.165) is 32.1 Å². The first kappa shape index (κ1) is 30.7. The van der Waals surface area contributed by atoms with Gasteiger partial charge in [0.2, 0.25) is 0 Å². The van der Waals surface area contributed by atoms with Crippen molar-refractivity contribution in [2.75, 3.05) is 6.61 Å². The maximum Gasteiger partial charge on any atom is 0.394 e. The molecule has 0 aromatic carbocycles. The van der Waals surface area contributed by atoms with Gasteiger partial charge in [0, 0.05) is 6.42 Å². The predicted molar refractivity (Wildman–Crippen MR) is 133 cm³/mol. The third-order valence-electron chi connectivity index (χ3n) is 7.95. The summed E-state index contributed by atoms with van der Waals surface area (Å²) in [4.78, 5) is 13.1. The normalized spacial score (nSPS) is 24.4. The number of aliphatic carboxylic acids is 1. The maximum absolute atomic E-state index is 14.2. The van der Waals surface area contributed by atoms with Crippen molar-refractivity contribution in [1.82, 2.24) is 0 Å². The largest absolute Gasteiger partial charge is 0.480 e. The number of halogens is 3. The van der Waals surface area contributed by atoms with Gasteiger partial charge in [0.15, 0.2) is 11.7 Å². The van der Waals surface area contributed by atoms with Gasteiger partial charge < -0.3 is 19.7 Å². The van der Waals surface area contributed by atoms with Crippen molar-refractivity contribution in [2.45, 2.75) is 123 Å². The smallest absolute Gasteiger partial charge is 0.394 e. The molecule has 1 saturated carbocycles. The lowest BCUT2D eigenvalue weighted by Crippen LogP contribution is -2.50. The van der Waals surface area contributed by atoms with Gasteiger partial charge in [0.1, 0.15) is 5.76 Å². The monoisotopic (exact) mass is 518 g/mol. The summed E-state index contributed by atoms with van der Waals surface area (Å²) in [6, 6.07) is 0. The molecular weight excluding hydrogens is 473 g/mol. The van der Waals surface area contributed by atoms with Crippen molar-refractivity contribution in [1.29, 1.82) is 0 Å². The fraction of sp³-hybridized carbons (Fsp3) is 0.821. The highest BCUT2D eigenvalue weighted by Gasteiger charge is 2.57. The van der Waals surface area contributed by atoms with Crippen LogP contribution < -0.4 is 0 Å². The van der Waals surface area contributed by atoms with E-state index < -0.39 is 47.7 Å². The molecule has 0 spiro atoms. The van der Waals surface area contributed by atoms with Gasteiger partial charge >= 0.3 is 12.1 Å². The van der Waals surface area contributed by atoms with E-state index >= 15 is 0 Å². The van der Waals surface area contributed by atoms with Gasteiger partial charge in [0.05, 0.1) is 18.1 Å². The Hall–Kier alpha value is -1.54. The van der Waals surface area contributed by atoms with Crippen LogP contribution in [0.25, 0.3) is 0 Å². The molecule has 1 aliphatic carbocycles. The molecule has 2 aliphatic rings. The van der Waals surface area contributed by atoms with E-state index in [2.05, 4.69) is 0 Å². The van der Waals surface area contributed by atoms with Gasteiger partial charge in [-0.1, -0.05) is 58.6 Å². The van der Waals surface area contributed by atoms with Crippen molar-refractivity contribution >= 4 is 5.97 Å². The number of rotatable bonds is 14. The first-order valence-electron chi connectivity index (χ1n) is 13.6. The molecule has 0 radical (unpaired) electrons. The highest BCUT2D eigenvalue weighted by molar-refractivity contribution is 5.79. The molecule has 2 N–H and O–H groups in total. The molecule has 208 valence electrons. The van der Waals surface area contributed by atoms with Crippen molar-refractivity contribution in [3.63, 3.8) is 0 Å². The molecule has 2 unspecified atom stereocenters. The zero-order valence-electron chi connectivity index (χ0n) is 22.1. The molecule has 0 aromatic heterocycles. The standard InChI is InChI=1S/C28H45F3O5/c1-4-6-8-15-22(32)27(25(33)34,21-13-9-10-14-21)23(36-24-16-11-12-20-35-24)17-19-26(3,18-7-5-2)28(29,30)31/h6,8,17,21-22,24,32H,4-5,7,9-16,18-20H2,1-3H3,(H,33,34)/b8-6-,23-17+/t22-,24?,26?,27+/m1/s1. The minimum atomic E-state index is -4.47. The number of alkyl halides is 3. The number of hydrogen-bond acceptors (Lipinski definition) is 4. The second-order valence-corrected chi connectivity index (χ2v) is 10.6. The number of ether oxygens (including phenoxy) is 2. The van der Waals surface area contributed by atoms with E-state index in [-0.39, 0.29) is 18.6 Å². The Balaban J connectivity index is 2.61. The van der Waals surface area contributed by atoms with Gasteiger partial charge in [-0.15, -0.1) is 0 Å². The Bertz CT molecular complexity index is 738. The van der Waals surface area contributed by atoms with Crippen LogP contribution in [0.2, 0.25) is 0 Å².